The maximum atomic E-state index is 5.48. The minimum Gasteiger partial charge on any atom is -0.496 e. The van der Waals surface area contributed by atoms with E-state index in [1.165, 1.54) is 0 Å². The van der Waals surface area contributed by atoms with Gasteiger partial charge in [-0.3, -0.25) is 0 Å². The number of morpholine rings is 1. The van der Waals surface area contributed by atoms with Crippen LogP contribution in [0.1, 0.15) is 5.56 Å². The fourth-order valence-electron chi connectivity index (χ4n) is 3.23. The summed E-state index contributed by atoms with van der Waals surface area (Å²) in [7, 11) is 1.69. The van der Waals surface area contributed by atoms with Crippen LogP contribution in [0.4, 0.5) is 11.6 Å². The molecule has 1 aliphatic heterocycles. The third-order valence-electron chi connectivity index (χ3n) is 4.73. The molecule has 0 bridgehead atoms. The van der Waals surface area contributed by atoms with Crippen molar-refractivity contribution in [3.05, 3.63) is 66.2 Å². The van der Waals surface area contributed by atoms with Gasteiger partial charge in [0.1, 0.15) is 17.4 Å². The van der Waals surface area contributed by atoms with Crippen molar-refractivity contribution in [2.75, 3.05) is 43.6 Å². The van der Waals surface area contributed by atoms with E-state index in [-0.39, 0.29) is 0 Å². The lowest BCUT2D eigenvalue weighted by molar-refractivity contribution is 0.122. The third kappa shape index (κ3) is 4.23. The molecule has 1 saturated heterocycles. The summed E-state index contributed by atoms with van der Waals surface area (Å²) in [6.07, 6.45) is 0. The van der Waals surface area contributed by atoms with Crippen molar-refractivity contribution >= 4 is 11.6 Å². The van der Waals surface area contributed by atoms with Crippen LogP contribution in [-0.2, 0) is 11.3 Å². The van der Waals surface area contributed by atoms with Crippen LogP contribution in [-0.4, -0.2) is 43.4 Å². The Morgan fingerprint density at radius 1 is 1.00 bits per heavy atom. The Balaban J connectivity index is 1.63. The Bertz CT molecular complexity index is 911. The lowest BCUT2D eigenvalue weighted by atomic mass is 10.2. The highest BCUT2D eigenvalue weighted by molar-refractivity contribution is 5.62. The largest absolute Gasteiger partial charge is 0.496 e. The van der Waals surface area contributed by atoms with Crippen molar-refractivity contribution in [3.8, 4) is 17.1 Å². The second-order valence-corrected chi connectivity index (χ2v) is 6.57. The van der Waals surface area contributed by atoms with E-state index in [1.54, 1.807) is 7.11 Å². The van der Waals surface area contributed by atoms with Crippen LogP contribution in [0.15, 0.2) is 60.7 Å². The van der Waals surface area contributed by atoms with E-state index in [4.69, 9.17) is 19.4 Å². The molecule has 1 fully saturated rings. The fraction of sp³-hybridized carbons (Fsp3) is 0.273. The summed E-state index contributed by atoms with van der Waals surface area (Å²) in [5.41, 5.74) is 2.08. The summed E-state index contributed by atoms with van der Waals surface area (Å²) in [5.74, 6) is 3.29. The molecule has 144 valence electrons. The SMILES string of the molecule is COc1ccccc1CNc1cc(N2CCOCC2)nc(-c2ccccc2)n1. The lowest BCUT2D eigenvalue weighted by Gasteiger charge is -2.28. The quantitative estimate of drug-likeness (QED) is 0.709. The Hall–Kier alpha value is -3.12. The van der Waals surface area contributed by atoms with Gasteiger partial charge in [-0.2, -0.15) is 0 Å². The van der Waals surface area contributed by atoms with Gasteiger partial charge in [0, 0.05) is 36.8 Å². The fourth-order valence-corrected chi connectivity index (χ4v) is 3.23. The topological polar surface area (TPSA) is 59.5 Å². The molecular formula is C22H24N4O2. The van der Waals surface area contributed by atoms with Crippen LogP contribution in [0.5, 0.6) is 5.75 Å². The van der Waals surface area contributed by atoms with E-state index in [2.05, 4.69) is 10.2 Å². The molecule has 1 aliphatic rings. The van der Waals surface area contributed by atoms with Crippen molar-refractivity contribution in [3.63, 3.8) is 0 Å². The molecule has 0 unspecified atom stereocenters. The first-order valence-corrected chi connectivity index (χ1v) is 9.46. The highest BCUT2D eigenvalue weighted by Gasteiger charge is 2.16. The average molecular weight is 376 g/mol. The van der Waals surface area contributed by atoms with Gasteiger partial charge in [0.25, 0.3) is 0 Å². The molecule has 0 aliphatic carbocycles. The van der Waals surface area contributed by atoms with Gasteiger partial charge in [-0.25, -0.2) is 9.97 Å². The number of methoxy groups -OCH3 is 1. The number of anilines is 2. The van der Waals surface area contributed by atoms with Crippen molar-refractivity contribution in [2.24, 2.45) is 0 Å². The van der Waals surface area contributed by atoms with Gasteiger partial charge in [-0.15, -0.1) is 0 Å². The minimum absolute atomic E-state index is 0.623. The first kappa shape index (κ1) is 18.3. The molecule has 1 aromatic heterocycles. The van der Waals surface area contributed by atoms with Crippen LogP contribution in [0.2, 0.25) is 0 Å². The summed E-state index contributed by atoms with van der Waals surface area (Å²) < 4.78 is 10.9. The predicted octanol–water partition coefficient (Wildman–Crippen LogP) is 3.60. The Kier molecular flexibility index (Phi) is 5.68. The molecule has 0 saturated carbocycles. The molecule has 2 heterocycles. The van der Waals surface area contributed by atoms with Gasteiger partial charge in [0.15, 0.2) is 5.82 Å². The van der Waals surface area contributed by atoms with Gasteiger partial charge in [-0.05, 0) is 6.07 Å². The molecule has 3 aromatic rings. The molecule has 0 atom stereocenters. The molecule has 0 amide bonds. The second kappa shape index (κ2) is 8.71. The predicted molar refractivity (Wildman–Crippen MR) is 111 cm³/mol. The normalized spacial score (nSPS) is 14.0. The molecule has 6 heteroatoms. The summed E-state index contributed by atoms with van der Waals surface area (Å²) >= 11 is 0. The molecule has 4 rings (SSSR count). The maximum absolute atomic E-state index is 5.48. The highest BCUT2D eigenvalue weighted by atomic mass is 16.5. The van der Waals surface area contributed by atoms with Crippen LogP contribution in [0, 0.1) is 0 Å². The molecular weight excluding hydrogens is 352 g/mol. The smallest absolute Gasteiger partial charge is 0.163 e. The van der Waals surface area contributed by atoms with Gasteiger partial charge in [0.2, 0.25) is 0 Å². The zero-order chi connectivity index (χ0) is 19.2. The number of rotatable bonds is 6. The van der Waals surface area contributed by atoms with E-state index in [0.29, 0.717) is 25.6 Å². The first-order valence-electron chi connectivity index (χ1n) is 9.46. The molecule has 2 aromatic carbocycles. The second-order valence-electron chi connectivity index (χ2n) is 6.57. The Morgan fingerprint density at radius 3 is 2.54 bits per heavy atom. The summed E-state index contributed by atoms with van der Waals surface area (Å²) in [4.78, 5) is 11.8. The number of hydrogen-bond donors (Lipinski definition) is 1. The highest BCUT2D eigenvalue weighted by Crippen LogP contribution is 2.24. The van der Waals surface area contributed by atoms with E-state index in [9.17, 15) is 0 Å². The molecule has 6 nitrogen and oxygen atoms in total. The monoisotopic (exact) mass is 376 g/mol. The Labute approximate surface area is 165 Å². The van der Waals surface area contributed by atoms with E-state index >= 15 is 0 Å². The molecule has 0 radical (unpaired) electrons. The van der Waals surface area contributed by atoms with Gasteiger partial charge in [0.05, 0.1) is 20.3 Å². The van der Waals surface area contributed by atoms with E-state index < -0.39 is 0 Å². The van der Waals surface area contributed by atoms with Crippen LogP contribution in [0.25, 0.3) is 11.4 Å². The van der Waals surface area contributed by atoms with Gasteiger partial charge in [-0.1, -0.05) is 48.5 Å². The number of nitrogens with zero attached hydrogens (tertiary/aromatic N) is 3. The average Bonchev–Trinajstić information content (AvgIpc) is 2.79. The van der Waals surface area contributed by atoms with Crippen molar-refractivity contribution in [1.82, 2.24) is 9.97 Å². The molecule has 1 N–H and O–H groups in total. The number of aromatic nitrogens is 2. The number of nitrogens with one attached hydrogen (secondary N) is 1. The first-order chi connectivity index (χ1) is 13.8. The standard InChI is InChI=1S/C22H24N4O2/c1-27-19-10-6-5-9-18(19)16-23-20-15-21(26-11-13-28-14-12-26)25-22(24-20)17-7-3-2-4-8-17/h2-10,15H,11-14,16H2,1H3,(H,23,24,25). The number of para-hydroxylation sites is 1. The number of ether oxygens (including phenoxy) is 2. The number of benzene rings is 2. The number of hydrogen-bond acceptors (Lipinski definition) is 6. The van der Waals surface area contributed by atoms with Crippen LogP contribution < -0.4 is 15.0 Å². The molecule has 28 heavy (non-hydrogen) atoms. The van der Waals surface area contributed by atoms with Gasteiger partial charge >= 0.3 is 0 Å². The van der Waals surface area contributed by atoms with Gasteiger partial charge < -0.3 is 19.7 Å². The summed E-state index contributed by atoms with van der Waals surface area (Å²) in [6.45, 7) is 3.72. The van der Waals surface area contributed by atoms with Crippen LogP contribution in [0.3, 0.4) is 0 Å². The third-order valence-corrected chi connectivity index (χ3v) is 4.73. The Morgan fingerprint density at radius 2 is 1.75 bits per heavy atom. The zero-order valence-corrected chi connectivity index (χ0v) is 16.0. The maximum Gasteiger partial charge on any atom is 0.163 e. The summed E-state index contributed by atoms with van der Waals surface area (Å²) in [5, 5.41) is 3.44. The summed E-state index contributed by atoms with van der Waals surface area (Å²) in [6, 6.07) is 20.1. The lowest BCUT2D eigenvalue weighted by Crippen LogP contribution is -2.36. The van der Waals surface area contributed by atoms with Crippen molar-refractivity contribution < 1.29 is 9.47 Å². The van der Waals surface area contributed by atoms with E-state index in [0.717, 1.165) is 41.6 Å². The zero-order valence-electron chi connectivity index (χ0n) is 16.0. The van der Waals surface area contributed by atoms with Crippen molar-refractivity contribution in [2.45, 2.75) is 6.54 Å². The molecule has 0 spiro atoms. The van der Waals surface area contributed by atoms with E-state index in [1.807, 2.05) is 60.7 Å². The van der Waals surface area contributed by atoms with Crippen LogP contribution >= 0.6 is 0 Å². The minimum atomic E-state index is 0.623. The van der Waals surface area contributed by atoms with Crippen molar-refractivity contribution in [1.29, 1.82) is 0 Å².